The second kappa shape index (κ2) is 6.45. The number of halogens is 4. The topological polar surface area (TPSA) is 65.4 Å². The van der Waals surface area contributed by atoms with Gasteiger partial charge in [-0.25, -0.2) is 9.07 Å². The molecule has 0 spiro atoms. The molecule has 6 nitrogen and oxygen atoms in total. The lowest BCUT2D eigenvalue weighted by Gasteiger charge is -2.06. The number of hydrogen-bond donors (Lipinski definition) is 1. The van der Waals surface area contributed by atoms with Gasteiger partial charge in [-0.3, -0.25) is 4.79 Å². The van der Waals surface area contributed by atoms with Gasteiger partial charge in [0.15, 0.2) is 11.5 Å². The van der Waals surface area contributed by atoms with Crippen LogP contribution in [-0.4, -0.2) is 22.0 Å². The number of amides is 1. The second-order valence-electron chi connectivity index (χ2n) is 5.92. The summed E-state index contributed by atoms with van der Waals surface area (Å²) in [5.74, 6) is -1.36. The predicted octanol–water partition coefficient (Wildman–Crippen LogP) is 4.55. The van der Waals surface area contributed by atoms with Gasteiger partial charge in [0.2, 0.25) is 0 Å². The number of aryl methyl sites for hydroxylation is 1. The summed E-state index contributed by atoms with van der Waals surface area (Å²) in [4.78, 5) is 12.7. The Balaban J connectivity index is 1.60. The molecular formula is C18H11ClF3N3O3. The molecule has 1 N–H and O–H groups in total. The lowest BCUT2D eigenvalue weighted by Crippen LogP contribution is -2.25. The number of nitrogens with zero attached hydrogens (tertiary/aromatic N) is 2. The van der Waals surface area contributed by atoms with Gasteiger partial charge in [0.05, 0.1) is 11.4 Å². The standard InChI is InChI=1S/C18H11ClF3N3O3/c1-9-15(16(19)25(24-9)12-5-2-10(20)3-6-12)17(26)23-11-4-7-13-14(8-11)28-18(21,22)27-13/h2-8H,1H3,(H,23,26). The first-order valence-electron chi connectivity index (χ1n) is 7.96. The highest BCUT2D eigenvalue weighted by molar-refractivity contribution is 6.34. The van der Waals surface area contributed by atoms with Crippen LogP contribution in [0.15, 0.2) is 42.5 Å². The molecular weight excluding hydrogens is 399 g/mol. The first kappa shape index (κ1) is 18.2. The van der Waals surface area contributed by atoms with E-state index in [1.807, 2.05) is 0 Å². The Morgan fingerprint density at radius 3 is 2.54 bits per heavy atom. The molecule has 1 amide bonds. The van der Waals surface area contributed by atoms with Crippen molar-refractivity contribution in [2.75, 3.05) is 5.32 Å². The summed E-state index contributed by atoms with van der Waals surface area (Å²) < 4.78 is 49.3. The van der Waals surface area contributed by atoms with Gasteiger partial charge >= 0.3 is 6.29 Å². The van der Waals surface area contributed by atoms with Gasteiger partial charge in [-0.1, -0.05) is 11.6 Å². The summed E-state index contributed by atoms with van der Waals surface area (Å²) in [6.45, 7) is 1.58. The maximum absolute atomic E-state index is 13.1. The molecule has 4 rings (SSSR count). The zero-order chi connectivity index (χ0) is 20.1. The van der Waals surface area contributed by atoms with Gasteiger partial charge in [0, 0.05) is 11.8 Å². The first-order chi connectivity index (χ1) is 13.2. The van der Waals surface area contributed by atoms with Gasteiger partial charge in [0.25, 0.3) is 5.91 Å². The van der Waals surface area contributed by atoms with Crippen LogP contribution in [0.2, 0.25) is 5.15 Å². The molecule has 1 aliphatic heterocycles. The van der Waals surface area contributed by atoms with Gasteiger partial charge < -0.3 is 14.8 Å². The van der Waals surface area contributed by atoms with Gasteiger partial charge in [-0.05, 0) is 43.3 Å². The van der Waals surface area contributed by atoms with Crippen LogP contribution in [0.1, 0.15) is 16.1 Å². The molecule has 1 aromatic heterocycles. The van der Waals surface area contributed by atoms with E-state index in [1.54, 1.807) is 6.92 Å². The molecule has 0 aliphatic carbocycles. The molecule has 144 valence electrons. The Bertz CT molecular complexity index is 1080. The normalized spacial score (nSPS) is 14.2. The van der Waals surface area contributed by atoms with Gasteiger partial charge in [0.1, 0.15) is 16.5 Å². The lowest BCUT2D eigenvalue weighted by atomic mass is 10.2. The van der Waals surface area contributed by atoms with Crippen molar-refractivity contribution in [2.24, 2.45) is 0 Å². The van der Waals surface area contributed by atoms with Crippen molar-refractivity contribution in [3.8, 4) is 17.2 Å². The van der Waals surface area contributed by atoms with E-state index in [-0.39, 0.29) is 27.9 Å². The highest BCUT2D eigenvalue weighted by Crippen LogP contribution is 2.42. The maximum atomic E-state index is 13.1. The Morgan fingerprint density at radius 2 is 1.82 bits per heavy atom. The molecule has 10 heteroatoms. The number of fused-ring (bicyclic) bond motifs is 1. The molecule has 0 radical (unpaired) electrons. The van der Waals surface area contributed by atoms with Crippen LogP contribution in [0.4, 0.5) is 18.9 Å². The molecule has 0 bridgehead atoms. The summed E-state index contributed by atoms with van der Waals surface area (Å²) in [6, 6.07) is 9.26. The summed E-state index contributed by atoms with van der Waals surface area (Å²) in [5, 5.41) is 6.78. The van der Waals surface area contributed by atoms with E-state index in [0.717, 1.165) is 0 Å². The number of nitrogens with one attached hydrogen (secondary N) is 1. The molecule has 1 aliphatic rings. The molecule has 3 aromatic rings. The second-order valence-corrected chi connectivity index (χ2v) is 6.28. The number of alkyl halides is 2. The molecule has 28 heavy (non-hydrogen) atoms. The van der Waals surface area contributed by atoms with Crippen LogP contribution in [0.3, 0.4) is 0 Å². The fourth-order valence-electron chi connectivity index (χ4n) is 2.73. The number of ether oxygens (including phenoxy) is 2. The molecule has 2 aromatic carbocycles. The van der Waals surface area contributed by atoms with E-state index < -0.39 is 18.0 Å². The average molecular weight is 410 g/mol. The zero-order valence-corrected chi connectivity index (χ0v) is 14.9. The van der Waals surface area contributed by atoms with E-state index in [2.05, 4.69) is 19.9 Å². The van der Waals surface area contributed by atoms with Crippen molar-refractivity contribution >= 4 is 23.2 Å². The Morgan fingerprint density at radius 1 is 1.14 bits per heavy atom. The quantitative estimate of drug-likeness (QED) is 0.689. The van der Waals surface area contributed by atoms with Crippen LogP contribution in [-0.2, 0) is 0 Å². The number of aromatic nitrogens is 2. The minimum absolute atomic E-state index is 0.0221. The summed E-state index contributed by atoms with van der Waals surface area (Å²) in [5.41, 5.74) is 1.10. The Kier molecular flexibility index (Phi) is 4.19. The van der Waals surface area contributed by atoms with Crippen molar-refractivity contribution in [1.29, 1.82) is 0 Å². The fourth-order valence-corrected chi connectivity index (χ4v) is 3.09. The first-order valence-corrected chi connectivity index (χ1v) is 8.33. The number of hydrogen-bond acceptors (Lipinski definition) is 4. The molecule has 0 fully saturated rings. The minimum atomic E-state index is -3.75. The Labute approximate surface area is 161 Å². The van der Waals surface area contributed by atoms with Crippen LogP contribution in [0.5, 0.6) is 11.5 Å². The highest BCUT2D eigenvalue weighted by atomic mass is 35.5. The summed E-state index contributed by atoms with van der Waals surface area (Å²) in [6.07, 6.45) is -3.75. The smallest absolute Gasteiger partial charge is 0.395 e. The zero-order valence-electron chi connectivity index (χ0n) is 14.2. The molecule has 0 saturated carbocycles. The van der Waals surface area contributed by atoms with Gasteiger partial charge in [-0.15, -0.1) is 8.78 Å². The third kappa shape index (κ3) is 3.24. The summed E-state index contributed by atoms with van der Waals surface area (Å²) in [7, 11) is 0. The van der Waals surface area contributed by atoms with Crippen molar-refractivity contribution in [2.45, 2.75) is 13.2 Å². The maximum Gasteiger partial charge on any atom is 0.586 e. The van der Waals surface area contributed by atoms with E-state index >= 15 is 0 Å². The van der Waals surface area contributed by atoms with Crippen molar-refractivity contribution in [1.82, 2.24) is 9.78 Å². The molecule has 2 heterocycles. The number of rotatable bonds is 3. The third-order valence-corrected chi connectivity index (χ3v) is 4.31. The summed E-state index contributed by atoms with van der Waals surface area (Å²) >= 11 is 6.30. The largest absolute Gasteiger partial charge is 0.586 e. The molecule has 0 atom stereocenters. The van der Waals surface area contributed by atoms with E-state index in [1.165, 1.54) is 47.1 Å². The number of benzene rings is 2. The van der Waals surface area contributed by atoms with Crippen molar-refractivity contribution in [3.05, 3.63) is 64.7 Å². The number of anilines is 1. The van der Waals surface area contributed by atoms with Crippen LogP contribution >= 0.6 is 11.6 Å². The third-order valence-electron chi connectivity index (χ3n) is 3.96. The fraction of sp³-hybridized carbons (Fsp3) is 0.111. The minimum Gasteiger partial charge on any atom is -0.395 e. The number of carbonyl (C=O) groups excluding carboxylic acids is 1. The van der Waals surface area contributed by atoms with E-state index in [4.69, 9.17) is 11.6 Å². The van der Waals surface area contributed by atoms with E-state index in [9.17, 15) is 18.0 Å². The van der Waals surface area contributed by atoms with Crippen molar-refractivity contribution in [3.63, 3.8) is 0 Å². The molecule has 0 unspecified atom stereocenters. The monoisotopic (exact) mass is 409 g/mol. The number of carbonyl (C=O) groups is 1. The SMILES string of the molecule is Cc1nn(-c2ccc(F)cc2)c(Cl)c1C(=O)Nc1ccc2c(c1)OC(F)(F)O2. The van der Waals surface area contributed by atoms with Gasteiger partial charge in [-0.2, -0.15) is 5.10 Å². The lowest BCUT2D eigenvalue weighted by molar-refractivity contribution is -0.286. The van der Waals surface area contributed by atoms with Crippen LogP contribution in [0, 0.1) is 12.7 Å². The predicted molar refractivity (Wildman–Crippen MR) is 93.9 cm³/mol. The molecule has 0 saturated heterocycles. The van der Waals surface area contributed by atoms with Crippen molar-refractivity contribution < 1.29 is 27.4 Å². The van der Waals surface area contributed by atoms with E-state index in [0.29, 0.717) is 11.4 Å². The highest BCUT2D eigenvalue weighted by Gasteiger charge is 2.43. The van der Waals surface area contributed by atoms with Crippen LogP contribution in [0.25, 0.3) is 5.69 Å². The Hall–Kier alpha value is -3.20. The van der Waals surface area contributed by atoms with Crippen LogP contribution < -0.4 is 14.8 Å². The average Bonchev–Trinajstić information content (AvgIpc) is 3.09.